The van der Waals surface area contributed by atoms with Crippen LogP contribution in [0.1, 0.15) is 0 Å². The lowest BCUT2D eigenvalue weighted by molar-refractivity contribution is 0.602. The van der Waals surface area contributed by atoms with Crippen molar-refractivity contribution in [2.75, 3.05) is 0 Å². The lowest BCUT2D eigenvalue weighted by Crippen LogP contribution is -1.87. The summed E-state index contributed by atoms with van der Waals surface area (Å²) in [6, 6.07) is 6.65. The van der Waals surface area contributed by atoms with E-state index in [2.05, 4.69) is 32.6 Å². The van der Waals surface area contributed by atoms with Gasteiger partial charge in [0.1, 0.15) is 17.2 Å². The highest BCUT2D eigenvalue weighted by molar-refractivity contribution is 14.1. The van der Waals surface area contributed by atoms with Crippen LogP contribution >= 0.6 is 34.4 Å². The van der Waals surface area contributed by atoms with Crippen molar-refractivity contribution in [3.05, 3.63) is 46.2 Å². The highest BCUT2D eigenvalue weighted by Gasteiger charge is 2.06. The molecular formula is C10H6FIN2S. The molecule has 0 saturated heterocycles. The molecule has 0 bridgehead atoms. The largest absolute Gasteiger partial charge is 0.244 e. The van der Waals surface area contributed by atoms with E-state index in [1.165, 1.54) is 24.2 Å². The molecule has 2 nitrogen and oxygen atoms in total. The summed E-state index contributed by atoms with van der Waals surface area (Å²) in [5.74, 6) is -0.225. The zero-order chi connectivity index (χ0) is 10.7. The Morgan fingerprint density at radius 2 is 2.07 bits per heavy atom. The van der Waals surface area contributed by atoms with E-state index in [1.54, 1.807) is 24.4 Å². The molecule has 0 atom stereocenters. The molecule has 0 amide bonds. The van der Waals surface area contributed by atoms with Gasteiger partial charge in [0.25, 0.3) is 0 Å². The minimum absolute atomic E-state index is 0.225. The van der Waals surface area contributed by atoms with Crippen molar-refractivity contribution in [3.63, 3.8) is 0 Å². The van der Waals surface area contributed by atoms with Crippen molar-refractivity contribution >= 4 is 34.4 Å². The van der Waals surface area contributed by atoms with E-state index in [9.17, 15) is 4.39 Å². The van der Waals surface area contributed by atoms with Crippen LogP contribution in [-0.2, 0) is 0 Å². The SMILES string of the molecule is Fc1ccccc1Sc1ncncc1I. The molecule has 15 heavy (non-hydrogen) atoms. The predicted octanol–water partition coefficient (Wildman–Crippen LogP) is 3.37. The molecule has 1 aromatic carbocycles. The number of aromatic nitrogens is 2. The Kier molecular flexibility index (Phi) is 3.53. The zero-order valence-electron chi connectivity index (χ0n) is 7.52. The topological polar surface area (TPSA) is 25.8 Å². The van der Waals surface area contributed by atoms with Gasteiger partial charge in [-0.25, -0.2) is 14.4 Å². The van der Waals surface area contributed by atoms with Crippen LogP contribution in [0.3, 0.4) is 0 Å². The van der Waals surface area contributed by atoms with Gasteiger partial charge in [0.15, 0.2) is 0 Å². The molecule has 2 rings (SSSR count). The fourth-order valence-corrected chi connectivity index (χ4v) is 2.41. The van der Waals surface area contributed by atoms with Crippen LogP contribution in [0.4, 0.5) is 4.39 Å². The molecular weight excluding hydrogens is 326 g/mol. The second kappa shape index (κ2) is 4.89. The standard InChI is InChI=1S/C10H6FIN2S/c11-7-3-1-2-4-9(7)15-10-8(12)5-13-6-14-10/h1-6H. The third-order valence-electron chi connectivity index (χ3n) is 1.68. The van der Waals surface area contributed by atoms with Gasteiger partial charge in [-0.1, -0.05) is 23.9 Å². The Hall–Kier alpha value is -0.690. The van der Waals surface area contributed by atoms with Gasteiger partial charge in [-0.3, -0.25) is 0 Å². The number of rotatable bonds is 2. The highest BCUT2D eigenvalue weighted by Crippen LogP contribution is 2.30. The molecule has 0 N–H and O–H groups in total. The van der Waals surface area contributed by atoms with Gasteiger partial charge in [-0.15, -0.1) is 0 Å². The van der Waals surface area contributed by atoms with Gasteiger partial charge in [-0.2, -0.15) is 0 Å². The van der Waals surface area contributed by atoms with Crippen LogP contribution < -0.4 is 0 Å². The maximum absolute atomic E-state index is 13.3. The number of hydrogen-bond acceptors (Lipinski definition) is 3. The van der Waals surface area contributed by atoms with E-state index in [0.29, 0.717) is 4.90 Å². The molecule has 0 aliphatic carbocycles. The minimum Gasteiger partial charge on any atom is -0.244 e. The molecule has 0 saturated carbocycles. The first kappa shape index (κ1) is 10.8. The van der Waals surface area contributed by atoms with Crippen molar-refractivity contribution in [2.45, 2.75) is 9.92 Å². The third-order valence-corrected chi connectivity index (χ3v) is 3.90. The summed E-state index contributed by atoms with van der Waals surface area (Å²) < 4.78 is 14.3. The van der Waals surface area contributed by atoms with Crippen LogP contribution in [0.5, 0.6) is 0 Å². The molecule has 1 heterocycles. The Morgan fingerprint density at radius 1 is 1.27 bits per heavy atom. The molecule has 0 aliphatic heterocycles. The van der Waals surface area contributed by atoms with Gasteiger partial charge < -0.3 is 0 Å². The summed E-state index contributed by atoms with van der Waals surface area (Å²) in [5, 5.41) is 0.774. The number of halogens is 2. The first-order chi connectivity index (χ1) is 7.27. The van der Waals surface area contributed by atoms with Gasteiger partial charge in [0.05, 0.1) is 3.57 Å². The Balaban J connectivity index is 2.30. The van der Waals surface area contributed by atoms with Gasteiger partial charge >= 0.3 is 0 Å². The van der Waals surface area contributed by atoms with E-state index in [1.807, 2.05) is 0 Å². The molecule has 0 aliphatic rings. The minimum atomic E-state index is -0.225. The molecule has 76 valence electrons. The quantitative estimate of drug-likeness (QED) is 0.623. The Morgan fingerprint density at radius 3 is 2.80 bits per heavy atom. The van der Waals surface area contributed by atoms with Crippen molar-refractivity contribution in [3.8, 4) is 0 Å². The summed E-state index contributed by atoms with van der Waals surface area (Å²) >= 11 is 3.44. The fourth-order valence-electron chi connectivity index (χ4n) is 1.01. The Bertz CT molecular complexity index is 435. The molecule has 5 heteroatoms. The van der Waals surface area contributed by atoms with E-state index in [0.717, 1.165) is 8.60 Å². The monoisotopic (exact) mass is 332 g/mol. The third kappa shape index (κ3) is 2.66. The average molecular weight is 332 g/mol. The number of hydrogen-bond donors (Lipinski definition) is 0. The van der Waals surface area contributed by atoms with Crippen LogP contribution in [0.15, 0.2) is 46.7 Å². The van der Waals surface area contributed by atoms with Crippen molar-refractivity contribution in [1.29, 1.82) is 0 Å². The average Bonchev–Trinajstić information content (AvgIpc) is 2.24. The highest BCUT2D eigenvalue weighted by atomic mass is 127. The van der Waals surface area contributed by atoms with E-state index in [4.69, 9.17) is 0 Å². The van der Waals surface area contributed by atoms with Crippen molar-refractivity contribution in [2.24, 2.45) is 0 Å². The maximum atomic E-state index is 13.3. The number of nitrogens with zero attached hydrogens (tertiary/aromatic N) is 2. The zero-order valence-corrected chi connectivity index (χ0v) is 10.5. The van der Waals surface area contributed by atoms with Crippen molar-refractivity contribution < 1.29 is 4.39 Å². The lowest BCUT2D eigenvalue weighted by atomic mass is 10.3. The summed E-state index contributed by atoms with van der Waals surface area (Å²) in [4.78, 5) is 8.55. The summed E-state index contributed by atoms with van der Waals surface area (Å²) in [5.41, 5.74) is 0. The summed E-state index contributed by atoms with van der Waals surface area (Å²) in [7, 11) is 0. The maximum Gasteiger partial charge on any atom is 0.137 e. The van der Waals surface area contributed by atoms with Crippen LogP contribution in [0.2, 0.25) is 0 Å². The molecule has 0 unspecified atom stereocenters. The smallest absolute Gasteiger partial charge is 0.137 e. The van der Waals surface area contributed by atoms with Gasteiger partial charge in [0, 0.05) is 11.1 Å². The molecule has 0 radical (unpaired) electrons. The first-order valence-electron chi connectivity index (χ1n) is 4.15. The fraction of sp³-hybridized carbons (Fsp3) is 0. The summed E-state index contributed by atoms with van der Waals surface area (Å²) in [6.45, 7) is 0. The number of benzene rings is 1. The van der Waals surface area contributed by atoms with Crippen LogP contribution in [-0.4, -0.2) is 9.97 Å². The first-order valence-corrected chi connectivity index (χ1v) is 6.05. The molecule has 2 aromatic rings. The van der Waals surface area contributed by atoms with Gasteiger partial charge in [-0.05, 0) is 34.7 Å². The van der Waals surface area contributed by atoms with Crippen LogP contribution in [0.25, 0.3) is 0 Å². The Labute approximate surface area is 104 Å². The second-order valence-electron chi connectivity index (χ2n) is 2.71. The van der Waals surface area contributed by atoms with Crippen LogP contribution in [0, 0.1) is 9.39 Å². The van der Waals surface area contributed by atoms with E-state index < -0.39 is 0 Å². The predicted molar refractivity (Wildman–Crippen MR) is 65.3 cm³/mol. The van der Waals surface area contributed by atoms with Crippen molar-refractivity contribution in [1.82, 2.24) is 9.97 Å². The normalized spacial score (nSPS) is 10.3. The molecule has 0 fully saturated rings. The molecule has 0 spiro atoms. The second-order valence-corrected chi connectivity index (χ2v) is 4.90. The van der Waals surface area contributed by atoms with E-state index in [-0.39, 0.29) is 5.82 Å². The van der Waals surface area contributed by atoms with Gasteiger partial charge in [0.2, 0.25) is 0 Å². The summed E-state index contributed by atoms with van der Waals surface area (Å²) in [6.07, 6.45) is 3.17. The lowest BCUT2D eigenvalue weighted by Gasteiger charge is -2.02. The molecule has 1 aromatic heterocycles. The van der Waals surface area contributed by atoms with E-state index >= 15 is 0 Å².